The number of fused-ring (bicyclic) bond motifs is 3. The number of aryl methyl sites for hydroxylation is 1. The summed E-state index contributed by atoms with van der Waals surface area (Å²) in [6.07, 6.45) is 2.47. The molecule has 0 aliphatic heterocycles. The Hall–Kier alpha value is -4.00. The van der Waals surface area contributed by atoms with Crippen LogP contribution in [0.1, 0.15) is 22.3 Å². The van der Waals surface area contributed by atoms with Crippen molar-refractivity contribution in [1.82, 2.24) is 15.0 Å². The van der Waals surface area contributed by atoms with Crippen LogP contribution in [0.2, 0.25) is 0 Å². The second kappa shape index (κ2) is 6.87. The molecule has 0 fully saturated rings. The minimum Gasteiger partial charge on any atom is -0.457 e. The maximum atomic E-state index is 12.6. The van der Waals surface area contributed by atoms with E-state index in [0.29, 0.717) is 35.2 Å². The van der Waals surface area contributed by atoms with Gasteiger partial charge in [0.1, 0.15) is 11.5 Å². The Labute approximate surface area is 165 Å². The van der Waals surface area contributed by atoms with Gasteiger partial charge in [0.25, 0.3) is 5.56 Å². The fourth-order valence-electron chi connectivity index (χ4n) is 3.47. The quantitative estimate of drug-likeness (QED) is 0.552. The third kappa shape index (κ3) is 3.23. The molecule has 0 saturated carbocycles. The van der Waals surface area contributed by atoms with Gasteiger partial charge >= 0.3 is 0 Å². The average Bonchev–Trinajstić information content (AvgIpc) is 3.11. The van der Waals surface area contributed by atoms with Crippen LogP contribution in [0, 0.1) is 0 Å². The molecule has 2 aromatic carbocycles. The van der Waals surface area contributed by atoms with Gasteiger partial charge in [-0.05, 0) is 48.4 Å². The topological polar surface area (TPSA) is 97.0 Å². The number of aromatic amines is 1. The lowest BCUT2D eigenvalue weighted by atomic mass is 10.1. The largest absolute Gasteiger partial charge is 0.457 e. The zero-order chi connectivity index (χ0) is 19.8. The van der Waals surface area contributed by atoms with Crippen LogP contribution in [-0.4, -0.2) is 20.7 Å². The van der Waals surface area contributed by atoms with Gasteiger partial charge in [-0.2, -0.15) is 4.98 Å². The Morgan fingerprint density at radius 1 is 0.931 bits per heavy atom. The monoisotopic (exact) mass is 384 g/mol. The lowest BCUT2D eigenvalue weighted by Crippen LogP contribution is -2.14. The van der Waals surface area contributed by atoms with Crippen molar-refractivity contribution in [3.8, 4) is 11.5 Å². The number of para-hydroxylation sites is 1. The van der Waals surface area contributed by atoms with Crippen LogP contribution >= 0.6 is 0 Å². The van der Waals surface area contributed by atoms with Gasteiger partial charge in [-0.25, -0.2) is 4.98 Å². The highest BCUT2D eigenvalue weighted by atomic mass is 16.5. The molecule has 142 valence electrons. The zero-order valence-corrected chi connectivity index (χ0v) is 15.3. The SMILES string of the molecule is O=C1CCc2c1cnc1nc(Nc3ccc(Oc4ccccc4)cc3)[nH]c(=O)c21. The van der Waals surface area contributed by atoms with Crippen molar-refractivity contribution in [1.29, 1.82) is 0 Å². The third-order valence-electron chi connectivity index (χ3n) is 4.84. The maximum absolute atomic E-state index is 12.6. The van der Waals surface area contributed by atoms with Crippen LogP contribution in [0.15, 0.2) is 65.6 Å². The van der Waals surface area contributed by atoms with Gasteiger partial charge < -0.3 is 10.1 Å². The number of carbonyl (C=O) groups excluding carboxylic acids is 1. The number of aromatic nitrogens is 3. The maximum Gasteiger partial charge on any atom is 0.262 e. The van der Waals surface area contributed by atoms with Crippen molar-refractivity contribution >= 4 is 28.5 Å². The molecule has 1 aliphatic rings. The molecule has 0 radical (unpaired) electrons. The first kappa shape index (κ1) is 17.1. The van der Waals surface area contributed by atoms with E-state index in [1.165, 1.54) is 6.20 Å². The van der Waals surface area contributed by atoms with Crippen LogP contribution in [-0.2, 0) is 6.42 Å². The van der Waals surface area contributed by atoms with Gasteiger partial charge in [0.15, 0.2) is 11.4 Å². The number of ketones is 1. The van der Waals surface area contributed by atoms with E-state index in [9.17, 15) is 9.59 Å². The van der Waals surface area contributed by atoms with E-state index >= 15 is 0 Å². The molecule has 29 heavy (non-hydrogen) atoms. The van der Waals surface area contributed by atoms with E-state index in [1.54, 1.807) is 0 Å². The molecule has 7 nitrogen and oxygen atoms in total. The number of nitrogens with zero attached hydrogens (tertiary/aromatic N) is 2. The number of ether oxygens (including phenoxy) is 1. The van der Waals surface area contributed by atoms with Crippen molar-refractivity contribution in [3.63, 3.8) is 0 Å². The number of anilines is 2. The highest BCUT2D eigenvalue weighted by Gasteiger charge is 2.24. The van der Waals surface area contributed by atoms with E-state index in [2.05, 4.69) is 20.3 Å². The van der Waals surface area contributed by atoms with E-state index in [-0.39, 0.29) is 17.3 Å². The Morgan fingerprint density at radius 3 is 2.48 bits per heavy atom. The molecule has 0 unspecified atom stereocenters. The molecule has 0 saturated heterocycles. The molecule has 2 heterocycles. The lowest BCUT2D eigenvalue weighted by molar-refractivity contribution is 0.0994. The molecule has 1 aliphatic carbocycles. The normalized spacial score (nSPS) is 12.8. The summed E-state index contributed by atoms with van der Waals surface area (Å²) >= 11 is 0. The molecule has 7 heteroatoms. The second-order valence-corrected chi connectivity index (χ2v) is 6.75. The van der Waals surface area contributed by atoms with Crippen LogP contribution < -0.4 is 15.6 Å². The summed E-state index contributed by atoms with van der Waals surface area (Å²) in [5, 5.41) is 3.47. The molecule has 4 aromatic rings. The van der Waals surface area contributed by atoms with Crippen LogP contribution in [0.5, 0.6) is 11.5 Å². The number of Topliss-reactive ketones (excluding diaryl/α,β-unsaturated/α-hetero) is 1. The standard InChI is InChI=1S/C22H16N4O3/c27-18-11-10-16-17(18)12-23-20-19(16)21(28)26-22(25-20)24-13-6-8-15(9-7-13)29-14-4-2-1-3-5-14/h1-9,12H,10-11H2,(H2,23,24,25,26,28). The number of hydrogen-bond donors (Lipinski definition) is 2. The first-order valence-corrected chi connectivity index (χ1v) is 9.22. The summed E-state index contributed by atoms with van der Waals surface area (Å²) < 4.78 is 5.77. The second-order valence-electron chi connectivity index (χ2n) is 6.75. The van der Waals surface area contributed by atoms with E-state index in [1.807, 2.05) is 54.6 Å². The van der Waals surface area contributed by atoms with Gasteiger partial charge in [-0.1, -0.05) is 18.2 Å². The minimum absolute atomic E-state index is 0.0220. The van der Waals surface area contributed by atoms with Gasteiger partial charge in [-0.3, -0.25) is 14.6 Å². The van der Waals surface area contributed by atoms with Crippen LogP contribution in [0.25, 0.3) is 11.0 Å². The van der Waals surface area contributed by atoms with Gasteiger partial charge in [0, 0.05) is 23.9 Å². The molecular weight excluding hydrogens is 368 g/mol. The average molecular weight is 384 g/mol. The van der Waals surface area contributed by atoms with Gasteiger partial charge in [-0.15, -0.1) is 0 Å². The summed E-state index contributed by atoms with van der Waals surface area (Å²) in [7, 11) is 0. The lowest BCUT2D eigenvalue weighted by Gasteiger charge is -2.09. The predicted octanol–water partition coefficient (Wildman–Crippen LogP) is 3.98. The van der Waals surface area contributed by atoms with Crippen molar-refractivity contribution < 1.29 is 9.53 Å². The number of nitrogens with one attached hydrogen (secondary N) is 2. The van der Waals surface area contributed by atoms with E-state index < -0.39 is 0 Å². The first-order valence-electron chi connectivity index (χ1n) is 9.22. The summed E-state index contributed by atoms with van der Waals surface area (Å²) in [6.45, 7) is 0. The Morgan fingerprint density at radius 2 is 1.69 bits per heavy atom. The van der Waals surface area contributed by atoms with Crippen LogP contribution in [0.3, 0.4) is 0 Å². The highest BCUT2D eigenvalue weighted by molar-refractivity contribution is 6.04. The predicted molar refractivity (Wildman–Crippen MR) is 109 cm³/mol. The van der Waals surface area contributed by atoms with Crippen LogP contribution in [0.4, 0.5) is 11.6 Å². The third-order valence-corrected chi connectivity index (χ3v) is 4.84. The zero-order valence-electron chi connectivity index (χ0n) is 15.3. The fourth-order valence-corrected chi connectivity index (χ4v) is 3.47. The summed E-state index contributed by atoms with van der Waals surface area (Å²) in [6, 6.07) is 16.8. The molecule has 0 spiro atoms. The molecule has 5 rings (SSSR count). The molecule has 0 bridgehead atoms. The Balaban J connectivity index is 1.40. The Bertz CT molecular complexity index is 1280. The number of carbonyl (C=O) groups is 1. The number of benzene rings is 2. The molecule has 2 aromatic heterocycles. The number of pyridine rings is 1. The molecule has 0 amide bonds. The van der Waals surface area contributed by atoms with Gasteiger partial charge in [0.2, 0.25) is 5.95 Å². The molecule has 2 N–H and O–H groups in total. The van der Waals surface area contributed by atoms with Gasteiger partial charge in [0.05, 0.1) is 5.39 Å². The van der Waals surface area contributed by atoms with Crippen molar-refractivity contribution in [2.75, 3.05) is 5.32 Å². The Kier molecular flexibility index (Phi) is 4.05. The summed E-state index contributed by atoms with van der Waals surface area (Å²) in [5.41, 5.74) is 2.03. The summed E-state index contributed by atoms with van der Waals surface area (Å²) in [4.78, 5) is 35.8. The number of hydrogen-bond acceptors (Lipinski definition) is 6. The minimum atomic E-state index is -0.305. The molecular formula is C22H16N4O3. The van der Waals surface area contributed by atoms with E-state index in [4.69, 9.17) is 4.74 Å². The van der Waals surface area contributed by atoms with E-state index in [0.717, 1.165) is 17.0 Å². The fraction of sp³-hybridized carbons (Fsp3) is 0.0909. The first-order chi connectivity index (χ1) is 14.2. The van der Waals surface area contributed by atoms with Crippen molar-refractivity contribution in [3.05, 3.63) is 82.3 Å². The molecule has 0 atom stereocenters. The smallest absolute Gasteiger partial charge is 0.262 e. The number of rotatable bonds is 4. The summed E-state index contributed by atoms with van der Waals surface area (Å²) in [5.74, 6) is 1.76. The van der Waals surface area contributed by atoms with Crippen molar-refractivity contribution in [2.24, 2.45) is 0 Å². The number of H-pyrrole nitrogens is 1. The van der Waals surface area contributed by atoms with Crippen molar-refractivity contribution in [2.45, 2.75) is 12.8 Å². The highest BCUT2D eigenvalue weighted by Crippen LogP contribution is 2.27.